The molecular formula is C46H26O2S. The van der Waals surface area contributed by atoms with Crippen molar-refractivity contribution in [2.45, 2.75) is 0 Å². The third kappa shape index (κ3) is 3.76. The van der Waals surface area contributed by atoms with E-state index in [1.165, 1.54) is 52.8 Å². The van der Waals surface area contributed by atoms with E-state index < -0.39 is 0 Å². The van der Waals surface area contributed by atoms with Crippen LogP contribution in [0.4, 0.5) is 0 Å². The van der Waals surface area contributed by atoms with Gasteiger partial charge in [-0.15, -0.1) is 11.3 Å². The molecule has 0 radical (unpaired) electrons. The summed E-state index contributed by atoms with van der Waals surface area (Å²) >= 11 is 1.86. The molecule has 3 aromatic heterocycles. The average molecular weight is 643 g/mol. The van der Waals surface area contributed by atoms with Crippen molar-refractivity contribution in [1.29, 1.82) is 0 Å². The van der Waals surface area contributed by atoms with Crippen LogP contribution in [0.5, 0.6) is 0 Å². The Morgan fingerprint density at radius 2 is 0.959 bits per heavy atom. The molecule has 228 valence electrons. The minimum atomic E-state index is 0.812. The average Bonchev–Trinajstić information content (AvgIpc) is 3.85. The van der Waals surface area contributed by atoms with Crippen LogP contribution >= 0.6 is 11.3 Å². The summed E-state index contributed by atoms with van der Waals surface area (Å²) in [5.41, 5.74) is 8.30. The molecule has 0 N–H and O–H groups in total. The van der Waals surface area contributed by atoms with Crippen molar-refractivity contribution in [3.63, 3.8) is 0 Å². The monoisotopic (exact) mass is 642 g/mol. The van der Waals surface area contributed by atoms with E-state index in [4.69, 9.17) is 8.83 Å². The molecule has 0 amide bonds. The summed E-state index contributed by atoms with van der Waals surface area (Å²) in [4.78, 5) is 0. The Hall–Kier alpha value is -6.16. The van der Waals surface area contributed by atoms with Gasteiger partial charge < -0.3 is 8.83 Å². The van der Waals surface area contributed by atoms with Crippen molar-refractivity contribution >= 4 is 86.0 Å². The van der Waals surface area contributed by atoms with Crippen molar-refractivity contribution in [2.24, 2.45) is 0 Å². The van der Waals surface area contributed by atoms with E-state index >= 15 is 0 Å². The Labute approximate surface area is 285 Å². The molecule has 0 spiro atoms. The van der Waals surface area contributed by atoms with Crippen LogP contribution in [0.2, 0.25) is 0 Å². The molecule has 3 heterocycles. The second-order valence-corrected chi connectivity index (χ2v) is 13.8. The van der Waals surface area contributed by atoms with E-state index in [0.717, 1.165) is 55.4 Å². The Morgan fingerprint density at radius 3 is 1.71 bits per heavy atom. The molecule has 0 aliphatic rings. The van der Waals surface area contributed by atoms with Crippen LogP contribution in [0.25, 0.3) is 108 Å². The highest BCUT2D eigenvalue weighted by molar-refractivity contribution is 7.25. The SMILES string of the molecule is c1ccc(-c2oc3ccc4c5ccccc5oc4c3c2-c2c3ccccc3c(-c3cccc4sc5ccccc5c34)c3ccccc23)cc1. The lowest BCUT2D eigenvalue weighted by molar-refractivity contribution is 0.631. The molecule has 0 aliphatic carbocycles. The van der Waals surface area contributed by atoms with Gasteiger partial charge in [0.2, 0.25) is 0 Å². The van der Waals surface area contributed by atoms with Gasteiger partial charge in [-0.25, -0.2) is 0 Å². The number of para-hydroxylation sites is 1. The second kappa shape index (κ2) is 10.2. The summed E-state index contributed by atoms with van der Waals surface area (Å²) in [6.07, 6.45) is 0. The predicted molar refractivity (Wildman–Crippen MR) is 208 cm³/mol. The van der Waals surface area contributed by atoms with E-state index in [9.17, 15) is 0 Å². The highest BCUT2D eigenvalue weighted by Gasteiger charge is 2.27. The highest BCUT2D eigenvalue weighted by atomic mass is 32.1. The van der Waals surface area contributed by atoms with Crippen LogP contribution in [-0.2, 0) is 0 Å². The van der Waals surface area contributed by atoms with E-state index in [1.54, 1.807) is 0 Å². The number of furan rings is 2. The molecule has 2 nitrogen and oxygen atoms in total. The number of fused-ring (bicyclic) bond motifs is 10. The first-order valence-electron chi connectivity index (χ1n) is 16.6. The van der Waals surface area contributed by atoms with E-state index in [0.29, 0.717) is 0 Å². The van der Waals surface area contributed by atoms with Crippen molar-refractivity contribution < 1.29 is 8.83 Å². The van der Waals surface area contributed by atoms with E-state index in [1.807, 2.05) is 23.5 Å². The molecule has 0 aliphatic heterocycles. The molecule has 0 bridgehead atoms. The van der Waals surface area contributed by atoms with E-state index in [2.05, 4.69) is 146 Å². The molecule has 0 saturated carbocycles. The number of rotatable bonds is 3. The third-order valence-corrected chi connectivity index (χ3v) is 11.2. The van der Waals surface area contributed by atoms with Crippen LogP contribution in [0.3, 0.4) is 0 Å². The van der Waals surface area contributed by atoms with Gasteiger partial charge in [0.1, 0.15) is 22.5 Å². The van der Waals surface area contributed by atoms with Crippen LogP contribution in [-0.4, -0.2) is 0 Å². The zero-order valence-corrected chi connectivity index (χ0v) is 27.1. The first-order chi connectivity index (χ1) is 24.3. The third-order valence-electron chi connectivity index (χ3n) is 10.1. The summed E-state index contributed by atoms with van der Waals surface area (Å²) in [5.74, 6) is 0.845. The number of benzene rings is 8. The molecule has 49 heavy (non-hydrogen) atoms. The summed E-state index contributed by atoms with van der Waals surface area (Å²) in [6.45, 7) is 0. The Balaban J connectivity index is 1.35. The molecule has 0 atom stereocenters. The van der Waals surface area contributed by atoms with Crippen molar-refractivity contribution in [1.82, 2.24) is 0 Å². The highest BCUT2D eigenvalue weighted by Crippen LogP contribution is 2.52. The number of hydrogen-bond acceptors (Lipinski definition) is 3. The van der Waals surface area contributed by atoms with Gasteiger partial charge in [0.15, 0.2) is 0 Å². The van der Waals surface area contributed by atoms with Gasteiger partial charge in [-0.1, -0.05) is 127 Å². The molecule has 3 heteroatoms. The fourth-order valence-electron chi connectivity index (χ4n) is 8.07. The lowest BCUT2D eigenvalue weighted by atomic mass is 9.83. The zero-order valence-electron chi connectivity index (χ0n) is 26.2. The molecule has 11 aromatic rings. The molecular weight excluding hydrogens is 617 g/mol. The van der Waals surface area contributed by atoms with Gasteiger partial charge in [0, 0.05) is 47.6 Å². The minimum absolute atomic E-state index is 0.812. The summed E-state index contributed by atoms with van der Waals surface area (Å²) in [7, 11) is 0. The summed E-state index contributed by atoms with van der Waals surface area (Å²) in [6, 6.07) is 56.3. The Morgan fingerprint density at radius 1 is 0.347 bits per heavy atom. The van der Waals surface area contributed by atoms with Crippen LogP contribution in [0, 0.1) is 0 Å². The van der Waals surface area contributed by atoms with Crippen LogP contribution in [0.1, 0.15) is 0 Å². The maximum atomic E-state index is 6.89. The normalized spacial score (nSPS) is 12.1. The smallest absolute Gasteiger partial charge is 0.147 e. The van der Waals surface area contributed by atoms with Gasteiger partial charge in [0.05, 0.1) is 5.39 Å². The first-order valence-corrected chi connectivity index (χ1v) is 17.4. The lowest BCUT2D eigenvalue weighted by Crippen LogP contribution is -1.92. The quantitative estimate of drug-likeness (QED) is 0.179. The van der Waals surface area contributed by atoms with E-state index in [-0.39, 0.29) is 0 Å². The predicted octanol–water partition coefficient (Wildman–Crippen LogP) is 14.0. The van der Waals surface area contributed by atoms with Crippen molar-refractivity contribution in [3.8, 4) is 33.6 Å². The molecule has 0 unspecified atom stereocenters. The zero-order chi connectivity index (χ0) is 32.1. The lowest BCUT2D eigenvalue weighted by Gasteiger charge is -2.18. The largest absolute Gasteiger partial charge is 0.455 e. The fraction of sp³-hybridized carbons (Fsp3) is 0. The molecule has 0 fully saturated rings. The molecule has 0 saturated heterocycles. The van der Waals surface area contributed by atoms with Gasteiger partial charge in [-0.3, -0.25) is 0 Å². The standard InChI is InChI=1S/C46H26O2S/c1-2-13-27(14-3-1)45-44(43-37(48-45)26-25-33-28-15-8-10-22-36(28)47-46(33)43)42-31-18-6-4-16-29(31)40(30-17-5-7-19-32(30)42)35-21-12-24-39-41(35)34-20-9-11-23-38(34)49-39/h1-26H. The minimum Gasteiger partial charge on any atom is -0.455 e. The second-order valence-electron chi connectivity index (χ2n) is 12.7. The Bertz CT molecular complexity index is 3050. The van der Waals surface area contributed by atoms with Crippen molar-refractivity contribution in [3.05, 3.63) is 158 Å². The maximum absolute atomic E-state index is 6.89. The van der Waals surface area contributed by atoms with Gasteiger partial charge >= 0.3 is 0 Å². The Kier molecular flexibility index (Phi) is 5.57. The number of thiophene rings is 1. The maximum Gasteiger partial charge on any atom is 0.147 e. The number of hydrogen-bond donors (Lipinski definition) is 0. The van der Waals surface area contributed by atoms with Crippen molar-refractivity contribution in [2.75, 3.05) is 0 Å². The first kappa shape index (κ1) is 26.9. The van der Waals surface area contributed by atoms with Crippen LogP contribution < -0.4 is 0 Å². The topological polar surface area (TPSA) is 26.3 Å². The van der Waals surface area contributed by atoms with Crippen LogP contribution in [0.15, 0.2) is 167 Å². The fourth-order valence-corrected chi connectivity index (χ4v) is 9.20. The molecule has 11 rings (SSSR count). The van der Waals surface area contributed by atoms with Gasteiger partial charge in [-0.05, 0) is 63.0 Å². The van der Waals surface area contributed by atoms with Gasteiger partial charge in [-0.2, -0.15) is 0 Å². The molecule has 8 aromatic carbocycles. The van der Waals surface area contributed by atoms with Gasteiger partial charge in [0.25, 0.3) is 0 Å². The summed E-state index contributed by atoms with van der Waals surface area (Å²) in [5, 5.41) is 10.6. The summed E-state index contributed by atoms with van der Waals surface area (Å²) < 4.78 is 16.2.